The lowest BCUT2D eigenvalue weighted by Gasteiger charge is -2.36. The van der Waals surface area contributed by atoms with Crippen molar-refractivity contribution in [2.24, 2.45) is 11.7 Å². The van der Waals surface area contributed by atoms with Gasteiger partial charge >= 0.3 is 0 Å². The zero-order chi connectivity index (χ0) is 15.4. The lowest BCUT2D eigenvalue weighted by molar-refractivity contribution is -0.137. The minimum Gasteiger partial charge on any atom is -0.339 e. The number of rotatable bonds is 3. The number of piperazine rings is 1. The van der Waals surface area contributed by atoms with Crippen molar-refractivity contribution in [3.8, 4) is 0 Å². The average Bonchev–Trinajstić information content (AvgIpc) is 2.53. The number of nitrogens with two attached hydrogens (primary N) is 1. The second kappa shape index (κ2) is 6.72. The lowest BCUT2D eigenvalue weighted by atomic mass is 10.0. The monoisotopic (exact) mass is 289 g/mol. The fraction of sp³-hybridized carbons (Fsp3) is 0.500. The Labute approximate surface area is 125 Å². The molecular formula is C16H23N3O2. The molecule has 0 bridgehead atoms. The Bertz CT molecular complexity index is 494. The van der Waals surface area contributed by atoms with Crippen molar-refractivity contribution in [2.75, 3.05) is 26.2 Å². The topological polar surface area (TPSA) is 66.6 Å². The minimum atomic E-state index is -0.179. The van der Waals surface area contributed by atoms with Crippen LogP contribution in [0.25, 0.3) is 0 Å². The van der Waals surface area contributed by atoms with E-state index in [1.165, 1.54) is 0 Å². The lowest BCUT2D eigenvalue weighted by Crippen LogP contribution is -2.53. The van der Waals surface area contributed by atoms with Crippen LogP contribution >= 0.6 is 0 Å². The van der Waals surface area contributed by atoms with E-state index in [9.17, 15) is 9.59 Å². The van der Waals surface area contributed by atoms with E-state index in [1.54, 1.807) is 4.90 Å². The standard InChI is InChI=1S/C16H23N3O2/c1-12(13(2)17)15(20)18-8-10-19(11-9-18)16(21)14-6-4-3-5-7-14/h3-7,12-13H,8-11,17H2,1-2H3. The quantitative estimate of drug-likeness (QED) is 0.901. The number of hydrogen-bond donors (Lipinski definition) is 1. The van der Waals surface area contributed by atoms with Crippen LogP contribution in [0.15, 0.2) is 30.3 Å². The molecule has 2 atom stereocenters. The summed E-state index contributed by atoms with van der Waals surface area (Å²) >= 11 is 0. The summed E-state index contributed by atoms with van der Waals surface area (Å²) in [6, 6.07) is 9.09. The van der Waals surface area contributed by atoms with E-state index < -0.39 is 0 Å². The van der Waals surface area contributed by atoms with E-state index in [2.05, 4.69) is 0 Å². The van der Waals surface area contributed by atoms with Crippen LogP contribution in [0.5, 0.6) is 0 Å². The molecule has 2 amide bonds. The van der Waals surface area contributed by atoms with E-state index in [-0.39, 0.29) is 23.8 Å². The fourth-order valence-electron chi connectivity index (χ4n) is 2.41. The SMILES string of the molecule is CC(N)C(C)C(=O)N1CCN(C(=O)c2ccccc2)CC1. The molecule has 0 aliphatic carbocycles. The highest BCUT2D eigenvalue weighted by Crippen LogP contribution is 2.12. The van der Waals surface area contributed by atoms with Crippen molar-refractivity contribution in [1.82, 2.24) is 9.80 Å². The Kier molecular flexibility index (Phi) is 4.96. The molecule has 0 saturated carbocycles. The first kappa shape index (κ1) is 15.5. The first-order valence-corrected chi connectivity index (χ1v) is 7.39. The second-order valence-corrected chi connectivity index (χ2v) is 5.63. The summed E-state index contributed by atoms with van der Waals surface area (Å²) in [6.07, 6.45) is 0. The maximum atomic E-state index is 12.3. The number of hydrogen-bond acceptors (Lipinski definition) is 3. The first-order chi connectivity index (χ1) is 10.0. The van der Waals surface area contributed by atoms with Crippen LogP contribution in [0.3, 0.4) is 0 Å². The van der Waals surface area contributed by atoms with Gasteiger partial charge in [-0.05, 0) is 19.1 Å². The van der Waals surface area contributed by atoms with Gasteiger partial charge in [0.1, 0.15) is 0 Å². The normalized spacial score (nSPS) is 18.2. The Morgan fingerprint density at radius 1 is 1.00 bits per heavy atom. The molecule has 21 heavy (non-hydrogen) atoms. The summed E-state index contributed by atoms with van der Waals surface area (Å²) in [6.45, 7) is 6.01. The van der Waals surface area contributed by atoms with Crippen molar-refractivity contribution >= 4 is 11.8 Å². The highest BCUT2D eigenvalue weighted by Gasteiger charge is 2.28. The van der Waals surface area contributed by atoms with Crippen LogP contribution in [0.1, 0.15) is 24.2 Å². The third kappa shape index (κ3) is 3.61. The van der Waals surface area contributed by atoms with Crippen molar-refractivity contribution in [3.63, 3.8) is 0 Å². The molecule has 2 rings (SSSR count). The summed E-state index contributed by atoms with van der Waals surface area (Å²) in [7, 11) is 0. The van der Waals surface area contributed by atoms with Crippen molar-refractivity contribution in [1.29, 1.82) is 0 Å². The molecule has 1 aliphatic rings. The van der Waals surface area contributed by atoms with Crippen LogP contribution in [-0.4, -0.2) is 53.8 Å². The number of nitrogens with zero attached hydrogens (tertiary/aromatic N) is 2. The van der Waals surface area contributed by atoms with Gasteiger partial charge in [-0.15, -0.1) is 0 Å². The van der Waals surface area contributed by atoms with Crippen LogP contribution in [0.2, 0.25) is 0 Å². The third-order valence-electron chi connectivity index (χ3n) is 4.08. The Hall–Kier alpha value is -1.88. The Balaban J connectivity index is 1.92. The predicted octanol–water partition coefficient (Wildman–Crippen LogP) is 0.954. The first-order valence-electron chi connectivity index (χ1n) is 7.39. The van der Waals surface area contributed by atoms with Gasteiger partial charge in [-0.3, -0.25) is 9.59 Å². The maximum absolute atomic E-state index is 12.3. The highest BCUT2D eigenvalue weighted by atomic mass is 16.2. The number of amides is 2. The van der Waals surface area contributed by atoms with Gasteiger partial charge in [0, 0.05) is 37.8 Å². The summed E-state index contributed by atoms with van der Waals surface area (Å²) in [5.74, 6) is -0.0684. The molecule has 1 aromatic carbocycles. The summed E-state index contributed by atoms with van der Waals surface area (Å²) < 4.78 is 0. The van der Waals surface area contributed by atoms with Gasteiger partial charge in [0.15, 0.2) is 0 Å². The van der Waals surface area contributed by atoms with Gasteiger partial charge in [0.05, 0.1) is 5.92 Å². The maximum Gasteiger partial charge on any atom is 0.253 e. The number of carbonyl (C=O) groups excluding carboxylic acids is 2. The number of benzene rings is 1. The molecule has 2 N–H and O–H groups in total. The van der Waals surface area contributed by atoms with Gasteiger partial charge in [0.25, 0.3) is 5.91 Å². The highest BCUT2D eigenvalue weighted by molar-refractivity contribution is 5.94. The van der Waals surface area contributed by atoms with Gasteiger partial charge in [-0.1, -0.05) is 25.1 Å². The van der Waals surface area contributed by atoms with Crippen LogP contribution < -0.4 is 5.73 Å². The molecule has 1 saturated heterocycles. The molecule has 5 nitrogen and oxygen atoms in total. The Morgan fingerprint density at radius 3 is 2.05 bits per heavy atom. The molecule has 1 fully saturated rings. The molecule has 114 valence electrons. The van der Waals surface area contributed by atoms with Crippen LogP contribution in [0.4, 0.5) is 0 Å². The van der Waals surface area contributed by atoms with E-state index in [0.717, 1.165) is 0 Å². The van der Waals surface area contributed by atoms with Crippen LogP contribution in [-0.2, 0) is 4.79 Å². The van der Waals surface area contributed by atoms with E-state index in [0.29, 0.717) is 31.7 Å². The second-order valence-electron chi connectivity index (χ2n) is 5.63. The zero-order valence-electron chi connectivity index (χ0n) is 12.7. The van der Waals surface area contributed by atoms with Gasteiger partial charge in [-0.2, -0.15) is 0 Å². The number of carbonyl (C=O) groups is 2. The molecule has 5 heteroatoms. The van der Waals surface area contributed by atoms with Crippen molar-refractivity contribution < 1.29 is 9.59 Å². The van der Waals surface area contributed by atoms with Gasteiger partial charge in [0.2, 0.25) is 5.91 Å². The molecule has 0 aromatic heterocycles. The predicted molar refractivity (Wildman–Crippen MR) is 81.7 cm³/mol. The van der Waals surface area contributed by atoms with E-state index in [1.807, 2.05) is 49.1 Å². The molecule has 1 aromatic rings. The largest absolute Gasteiger partial charge is 0.339 e. The summed E-state index contributed by atoms with van der Waals surface area (Å²) in [4.78, 5) is 28.2. The average molecular weight is 289 g/mol. The zero-order valence-corrected chi connectivity index (χ0v) is 12.7. The molecule has 2 unspecified atom stereocenters. The molecular weight excluding hydrogens is 266 g/mol. The van der Waals surface area contributed by atoms with Gasteiger partial charge in [-0.25, -0.2) is 0 Å². The Morgan fingerprint density at radius 2 is 1.52 bits per heavy atom. The third-order valence-corrected chi connectivity index (χ3v) is 4.08. The molecule has 1 aliphatic heterocycles. The smallest absolute Gasteiger partial charge is 0.253 e. The van der Waals surface area contributed by atoms with Crippen LogP contribution in [0, 0.1) is 5.92 Å². The minimum absolute atomic E-state index is 0.0305. The summed E-state index contributed by atoms with van der Waals surface area (Å²) in [5, 5.41) is 0. The molecule has 0 radical (unpaired) electrons. The van der Waals surface area contributed by atoms with Crippen molar-refractivity contribution in [3.05, 3.63) is 35.9 Å². The van der Waals surface area contributed by atoms with Crippen molar-refractivity contribution in [2.45, 2.75) is 19.9 Å². The van der Waals surface area contributed by atoms with E-state index in [4.69, 9.17) is 5.73 Å². The van der Waals surface area contributed by atoms with Gasteiger partial charge < -0.3 is 15.5 Å². The van der Waals surface area contributed by atoms with E-state index >= 15 is 0 Å². The summed E-state index contributed by atoms with van der Waals surface area (Å²) in [5.41, 5.74) is 6.48. The molecule has 0 spiro atoms. The fourth-order valence-corrected chi connectivity index (χ4v) is 2.41. The molecule has 1 heterocycles.